The number of nitrogens with two attached hydrogens (primary N) is 1. The number of hydrazine groups is 1. The second-order valence-corrected chi connectivity index (χ2v) is 4.22. The van der Waals surface area contributed by atoms with Crippen LogP contribution in [-0.4, -0.2) is 24.1 Å². The molecule has 106 valence electrons. The molecule has 0 fully saturated rings. The number of rotatable bonds is 5. The van der Waals surface area contributed by atoms with Gasteiger partial charge in [-0.05, 0) is 17.7 Å². The Labute approximate surface area is 116 Å². The average Bonchev–Trinajstić information content (AvgIpc) is 2.47. The second-order valence-electron chi connectivity index (χ2n) is 4.22. The van der Waals surface area contributed by atoms with Gasteiger partial charge in [0.1, 0.15) is 5.75 Å². The molecule has 0 saturated heterocycles. The first-order valence-electron chi connectivity index (χ1n) is 5.97. The summed E-state index contributed by atoms with van der Waals surface area (Å²) in [5.74, 6) is 5.82. The standard InChI is InChI=1S/C13H16FN5O/c1-19(8-9-4-3-5-10(6-9)20-2)12-11(14)7-16-13(17-12)18-15/h3-7H,8,15H2,1-2H3,(H,16,17,18). The first kappa shape index (κ1) is 14.0. The van der Waals surface area contributed by atoms with Crippen LogP contribution in [0, 0.1) is 5.82 Å². The monoisotopic (exact) mass is 277 g/mol. The summed E-state index contributed by atoms with van der Waals surface area (Å²) in [5.41, 5.74) is 3.27. The quantitative estimate of drug-likeness (QED) is 0.638. The maximum Gasteiger partial charge on any atom is 0.239 e. The average molecular weight is 277 g/mol. The summed E-state index contributed by atoms with van der Waals surface area (Å²) in [4.78, 5) is 9.38. The summed E-state index contributed by atoms with van der Waals surface area (Å²) in [6, 6.07) is 7.55. The Morgan fingerprint density at radius 1 is 1.45 bits per heavy atom. The lowest BCUT2D eigenvalue weighted by atomic mass is 10.2. The molecule has 2 rings (SSSR count). The molecule has 1 heterocycles. The summed E-state index contributed by atoms with van der Waals surface area (Å²) in [5, 5.41) is 0. The molecule has 20 heavy (non-hydrogen) atoms. The Kier molecular flexibility index (Phi) is 4.31. The van der Waals surface area contributed by atoms with Gasteiger partial charge in [-0.25, -0.2) is 15.2 Å². The number of hydrogen-bond acceptors (Lipinski definition) is 6. The van der Waals surface area contributed by atoms with E-state index in [0.29, 0.717) is 6.54 Å². The van der Waals surface area contributed by atoms with Crippen molar-refractivity contribution in [2.45, 2.75) is 6.54 Å². The van der Waals surface area contributed by atoms with E-state index in [1.807, 2.05) is 24.3 Å². The van der Waals surface area contributed by atoms with Gasteiger partial charge in [0, 0.05) is 13.6 Å². The fraction of sp³-hybridized carbons (Fsp3) is 0.231. The van der Waals surface area contributed by atoms with E-state index in [4.69, 9.17) is 10.6 Å². The Morgan fingerprint density at radius 3 is 2.95 bits per heavy atom. The van der Waals surface area contributed by atoms with Gasteiger partial charge in [-0.3, -0.25) is 5.43 Å². The molecule has 0 atom stereocenters. The Bertz CT molecular complexity index is 593. The van der Waals surface area contributed by atoms with Crippen molar-refractivity contribution in [2.24, 2.45) is 5.84 Å². The highest BCUT2D eigenvalue weighted by molar-refractivity contribution is 5.44. The van der Waals surface area contributed by atoms with E-state index < -0.39 is 5.82 Å². The maximum atomic E-state index is 13.7. The summed E-state index contributed by atoms with van der Waals surface area (Å²) < 4.78 is 18.9. The minimum atomic E-state index is -0.505. The zero-order valence-corrected chi connectivity index (χ0v) is 11.3. The summed E-state index contributed by atoms with van der Waals surface area (Å²) in [7, 11) is 3.34. The lowest BCUT2D eigenvalue weighted by molar-refractivity contribution is 0.414. The molecule has 0 radical (unpaired) electrons. The number of nitrogens with zero attached hydrogens (tertiary/aromatic N) is 3. The highest BCUT2D eigenvalue weighted by Crippen LogP contribution is 2.19. The van der Waals surface area contributed by atoms with Crippen LogP contribution in [0.25, 0.3) is 0 Å². The second kappa shape index (κ2) is 6.16. The van der Waals surface area contributed by atoms with Crippen molar-refractivity contribution in [1.29, 1.82) is 0 Å². The summed E-state index contributed by atoms with van der Waals surface area (Å²) >= 11 is 0. The molecule has 0 spiro atoms. The highest BCUT2D eigenvalue weighted by Gasteiger charge is 2.12. The van der Waals surface area contributed by atoms with Crippen molar-refractivity contribution >= 4 is 11.8 Å². The zero-order valence-electron chi connectivity index (χ0n) is 11.3. The predicted molar refractivity (Wildman–Crippen MR) is 74.9 cm³/mol. The SMILES string of the molecule is COc1cccc(CN(C)c2nc(NN)ncc2F)c1. The third kappa shape index (κ3) is 3.12. The van der Waals surface area contributed by atoms with E-state index in [-0.39, 0.29) is 11.8 Å². The smallest absolute Gasteiger partial charge is 0.239 e. The molecule has 7 heteroatoms. The molecule has 3 N–H and O–H groups in total. The van der Waals surface area contributed by atoms with Crippen LogP contribution in [0.2, 0.25) is 0 Å². The van der Waals surface area contributed by atoms with Crippen molar-refractivity contribution < 1.29 is 9.13 Å². The number of nitrogens with one attached hydrogen (secondary N) is 1. The van der Waals surface area contributed by atoms with E-state index in [1.54, 1.807) is 19.1 Å². The molecule has 0 aliphatic rings. The number of aromatic nitrogens is 2. The van der Waals surface area contributed by atoms with Crippen LogP contribution < -0.4 is 20.9 Å². The fourth-order valence-corrected chi connectivity index (χ4v) is 1.81. The molecule has 1 aromatic heterocycles. The van der Waals surface area contributed by atoms with E-state index >= 15 is 0 Å². The van der Waals surface area contributed by atoms with Gasteiger partial charge >= 0.3 is 0 Å². The van der Waals surface area contributed by atoms with Gasteiger partial charge in [0.15, 0.2) is 11.6 Å². The molecular weight excluding hydrogens is 261 g/mol. The largest absolute Gasteiger partial charge is 0.497 e. The molecule has 0 aliphatic carbocycles. The van der Waals surface area contributed by atoms with Gasteiger partial charge in [0.05, 0.1) is 13.3 Å². The number of ether oxygens (including phenoxy) is 1. The highest BCUT2D eigenvalue weighted by atomic mass is 19.1. The van der Waals surface area contributed by atoms with Crippen LogP contribution in [0.1, 0.15) is 5.56 Å². The topological polar surface area (TPSA) is 76.3 Å². The van der Waals surface area contributed by atoms with Gasteiger partial charge in [-0.1, -0.05) is 12.1 Å². The lowest BCUT2D eigenvalue weighted by Gasteiger charge is -2.19. The van der Waals surface area contributed by atoms with Crippen LogP contribution in [-0.2, 0) is 6.54 Å². The zero-order chi connectivity index (χ0) is 14.5. The molecule has 0 amide bonds. The van der Waals surface area contributed by atoms with Gasteiger partial charge in [0.2, 0.25) is 5.95 Å². The third-order valence-corrected chi connectivity index (χ3v) is 2.77. The molecule has 0 aliphatic heterocycles. The number of hydrogen-bond donors (Lipinski definition) is 2. The van der Waals surface area contributed by atoms with E-state index in [0.717, 1.165) is 17.5 Å². The molecule has 2 aromatic rings. The first-order chi connectivity index (χ1) is 9.63. The van der Waals surface area contributed by atoms with Gasteiger partial charge < -0.3 is 9.64 Å². The van der Waals surface area contributed by atoms with Crippen LogP contribution in [0.4, 0.5) is 16.2 Å². The van der Waals surface area contributed by atoms with E-state index in [9.17, 15) is 4.39 Å². The molecule has 0 unspecified atom stereocenters. The van der Waals surface area contributed by atoms with Crippen molar-refractivity contribution in [1.82, 2.24) is 9.97 Å². The molecule has 6 nitrogen and oxygen atoms in total. The van der Waals surface area contributed by atoms with Crippen molar-refractivity contribution in [3.63, 3.8) is 0 Å². The summed E-state index contributed by atoms with van der Waals surface area (Å²) in [6.07, 6.45) is 1.08. The minimum Gasteiger partial charge on any atom is -0.497 e. The van der Waals surface area contributed by atoms with Gasteiger partial charge in [0.25, 0.3) is 0 Å². The van der Waals surface area contributed by atoms with Crippen molar-refractivity contribution in [2.75, 3.05) is 24.5 Å². The van der Waals surface area contributed by atoms with Crippen LogP contribution >= 0.6 is 0 Å². The Hall–Kier alpha value is -2.41. The van der Waals surface area contributed by atoms with Gasteiger partial charge in [-0.2, -0.15) is 4.98 Å². The molecule has 0 bridgehead atoms. The van der Waals surface area contributed by atoms with Crippen LogP contribution in [0.5, 0.6) is 5.75 Å². The molecular formula is C13H16FN5O. The normalized spacial score (nSPS) is 10.2. The molecule has 1 aromatic carbocycles. The Morgan fingerprint density at radius 2 is 2.25 bits per heavy atom. The summed E-state index contributed by atoms with van der Waals surface area (Å²) in [6.45, 7) is 0.481. The number of methoxy groups -OCH3 is 1. The van der Waals surface area contributed by atoms with Crippen molar-refractivity contribution in [3.05, 3.63) is 41.8 Å². The first-order valence-corrected chi connectivity index (χ1v) is 5.97. The fourth-order valence-electron chi connectivity index (χ4n) is 1.81. The van der Waals surface area contributed by atoms with Gasteiger partial charge in [-0.15, -0.1) is 0 Å². The number of halogens is 1. The number of benzene rings is 1. The number of nitrogen functional groups attached to an aromatic ring is 1. The molecule has 0 saturated carbocycles. The number of anilines is 2. The van der Waals surface area contributed by atoms with E-state index in [1.165, 1.54) is 0 Å². The Balaban J connectivity index is 2.20. The van der Waals surface area contributed by atoms with E-state index in [2.05, 4.69) is 15.4 Å². The minimum absolute atomic E-state index is 0.166. The lowest BCUT2D eigenvalue weighted by Crippen LogP contribution is -2.21. The maximum absolute atomic E-state index is 13.7. The third-order valence-electron chi connectivity index (χ3n) is 2.77. The van der Waals surface area contributed by atoms with Crippen LogP contribution in [0.3, 0.4) is 0 Å². The van der Waals surface area contributed by atoms with Crippen molar-refractivity contribution in [3.8, 4) is 5.75 Å². The van der Waals surface area contributed by atoms with Crippen LogP contribution in [0.15, 0.2) is 30.5 Å². The predicted octanol–water partition coefficient (Wildman–Crippen LogP) is 1.55.